The Morgan fingerprint density at radius 3 is 2.61 bits per heavy atom. The van der Waals surface area contributed by atoms with Crippen molar-refractivity contribution in [3.05, 3.63) is 100 Å². The molecular weight excluding hydrogens is 425 g/mol. The van der Waals surface area contributed by atoms with E-state index in [9.17, 15) is 14.0 Å². The van der Waals surface area contributed by atoms with Gasteiger partial charge in [-0.1, -0.05) is 0 Å². The molecule has 0 spiro atoms. The summed E-state index contributed by atoms with van der Waals surface area (Å²) in [6.07, 6.45) is 5.24. The Kier molecular flexibility index (Phi) is 5.35. The molecule has 33 heavy (non-hydrogen) atoms. The average molecular weight is 443 g/mol. The van der Waals surface area contributed by atoms with Crippen LogP contribution >= 0.6 is 0 Å². The summed E-state index contributed by atoms with van der Waals surface area (Å²) in [7, 11) is 0. The second kappa shape index (κ2) is 8.62. The van der Waals surface area contributed by atoms with Crippen LogP contribution in [0.5, 0.6) is 11.6 Å². The van der Waals surface area contributed by atoms with Gasteiger partial charge in [-0.05, 0) is 42.5 Å². The molecule has 0 saturated carbocycles. The van der Waals surface area contributed by atoms with Crippen molar-refractivity contribution < 1.29 is 13.9 Å². The molecule has 1 aromatic carbocycles. The van der Waals surface area contributed by atoms with Crippen LogP contribution in [-0.2, 0) is 13.0 Å². The van der Waals surface area contributed by atoms with Gasteiger partial charge in [-0.15, -0.1) is 0 Å². The molecule has 0 radical (unpaired) electrons. The van der Waals surface area contributed by atoms with Crippen LogP contribution in [0.25, 0.3) is 11.4 Å². The molecule has 3 aromatic heterocycles. The third-order valence-electron chi connectivity index (χ3n) is 5.30. The van der Waals surface area contributed by atoms with Gasteiger partial charge in [-0.3, -0.25) is 14.6 Å². The van der Waals surface area contributed by atoms with Crippen molar-refractivity contribution in [1.82, 2.24) is 24.8 Å². The second-order valence-corrected chi connectivity index (χ2v) is 7.49. The first-order valence-corrected chi connectivity index (χ1v) is 10.3. The average Bonchev–Trinajstić information content (AvgIpc) is 2.85. The molecule has 4 heterocycles. The zero-order valence-corrected chi connectivity index (χ0v) is 17.4. The number of benzene rings is 1. The van der Waals surface area contributed by atoms with E-state index in [1.165, 1.54) is 36.5 Å². The van der Waals surface area contributed by atoms with Gasteiger partial charge >= 0.3 is 0 Å². The monoisotopic (exact) mass is 443 g/mol. The highest BCUT2D eigenvalue weighted by molar-refractivity contribution is 5.94. The zero-order chi connectivity index (χ0) is 22.8. The highest BCUT2D eigenvalue weighted by atomic mass is 19.1. The van der Waals surface area contributed by atoms with E-state index in [1.807, 2.05) is 0 Å². The van der Waals surface area contributed by atoms with Crippen LogP contribution in [0, 0.1) is 5.82 Å². The maximum atomic E-state index is 13.4. The van der Waals surface area contributed by atoms with E-state index in [0.29, 0.717) is 41.5 Å². The first-order valence-electron chi connectivity index (χ1n) is 10.3. The van der Waals surface area contributed by atoms with Crippen LogP contribution in [0.1, 0.15) is 21.6 Å². The lowest BCUT2D eigenvalue weighted by Gasteiger charge is -2.29. The summed E-state index contributed by atoms with van der Waals surface area (Å²) in [5.74, 6) is 0.539. The van der Waals surface area contributed by atoms with Gasteiger partial charge < -0.3 is 14.6 Å². The molecule has 4 aromatic rings. The lowest BCUT2D eigenvalue weighted by atomic mass is 10.0. The van der Waals surface area contributed by atoms with Crippen LogP contribution in [-0.4, -0.2) is 37.3 Å². The smallest absolute Gasteiger partial charge is 0.254 e. The predicted octanol–water partition coefficient (Wildman–Crippen LogP) is 3.36. The number of carbonyl (C=O) groups excluding carboxylic acids is 1. The maximum absolute atomic E-state index is 13.4. The lowest BCUT2D eigenvalue weighted by molar-refractivity contribution is 0.0731. The number of hydrogen-bond donors (Lipinski definition) is 1. The molecule has 9 heteroatoms. The van der Waals surface area contributed by atoms with Crippen molar-refractivity contribution in [3.8, 4) is 23.0 Å². The van der Waals surface area contributed by atoms with Crippen molar-refractivity contribution in [1.29, 1.82) is 0 Å². The number of hydrogen-bond acceptors (Lipinski definition) is 6. The third kappa shape index (κ3) is 4.33. The molecule has 1 N–H and O–H groups in total. The first kappa shape index (κ1) is 20.5. The number of rotatable bonds is 4. The van der Waals surface area contributed by atoms with Crippen LogP contribution in [0.4, 0.5) is 4.39 Å². The number of aromatic amines is 1. The van der Waals surface area contributed by atoms with E-state index in [0.717, 1.165) is 11.3 Å². The van der Waals surface area contributed by atoms with Gasteiger partial charge in [0.05, 0.1) is 17.8 Å². The summed E-state index contributed by atoms with van der Waals surface area (Å²) in [5, 5.41) is 0. The summed E-state index contributed by atoms with van der Waals surface area (Å²) in [6, 6.07) is 12.1. The Morgan fingerprint density at radius 1 is 1.06 bits per heavy atom. The summed E-state index contributed by atoms with van der Waals surface area (Å²) in [5.41, 5.74) is 2.17. The van der Waals surface area contributed by atoms with Gasteiger partial charge in [-0.2, -0.15) is 4.98 Å². The Bertz CT molecular complexity index is 1370. The predicted molar refractivity (Wildman–Crippen MR) is 117 cm³/mol. The third-order valence-corrected chi connectivity index (χ3v) is 5.30. The molecular formula is C24H18FN5O3. The molecule has 1 amide bonds. The lowest BCUT2D eigenvalue weighted by Crippen LogP contribution is -2.37. The molecule has 0 bridgehead atoms. The van der Waals surface area contributed by atoms with Crippen LogP contribution in [0.3, 0.4) is 0 Å². The summed E-state index contributed by atoms with van der Waals surface area (Å²) >= 11 is 0. The van der Waals surface area contributed by atoms with E-state index in [-0.39, 0.29) is 23.8 Å². The quantitative estimate of drug-likeness (QED) is 0.519. The van der Waals surface area contributed by atoms with Crippen molar-refractivity contribution in [2.24, 2.45) is 0 Å². The fraction of sp³-hybridized carbons (Fsp3) is 0.125. The number of amides is 1. The highest BCUT2D eigenvalue weighted by Gasteiger charge is 2.27. The summed E-state index contributed by atoms with van der Waals surface area (Å²) in [6.45, 7) is 0.648. The Hall–Kier alpha value is -4.40. The number of fused-ring (bicyclic) bond motifs is 1. The van der Waals surface area contributed by atoms with Crippen molar-refractivity contribution in [3.63, 3.8) is 0 Å². The molecule has 0 atom stereocenters. The molecule has 164 valence electrons. The largest absolute Gasteiger partial charge is 0.439 e. The van der Waals surface area contributed by atoms with E-state index in [2.05, 4.69) is 15.0 Å². The van der Waals surface area contributed by atoms with Crippen LogP contribution in [0.2, 0.25) is 0 Å². The number of aromatic nitrogens is 4. The molecule has 0 saturated heterocycles. The highest BCUT2D eigenvalue weighted by Crippen LogP contribution is 2.32. The topological polar surface area (TPSA) is 101 Å². The minimum atomic E-state index is -0.376. The van der Waals surface area contributed by atoms with E-state index < -0.39 is 0 Å². The standard InChI is InChI=1S/C24H18FN5O3/c25-17-1-3-18(4-2-17)33-23-19-14-30(24(32)16-7-11-27-21(31)13-16)12-8-20(19)28-22(29-23)15-5-9-26-10-6-15/h1-7,9-11,13H,8,12,14H2,(H,27,31). The van der Waals surface area contributed by atoms with E-state index in [1.54, 1.807) is 35.5 Å². The number of carbonyl (C=O) groups is 1. The van der Waals surface area contributed by atoms with Crippen molar-refractivity contribution in [2.45, 2.75) is 13.0 Å². The van der Waals surface area contributed by atoms with Crippen LogP contribution < -0.4 is 10.3 Å². The maximum Gasteiger partial charge on any atom is 0.254 e. The van der Waals surface area contributed by atoms with Crippen LogP contribution in [0.15, 0.2) is 71.9 Å². The number of pyridine rings is 2. The SMILES string of the molecule is O=C(c1cc[nH]c(=O)c1)N1CCc2nc(-c3ccncc3)nc(Oc3ccc(F)cc3)c2C1. The number of H-pyrrole nitrogens is 1. The minimum absolute atomic E-state index is 0.216. The first-order chi connectivity index (χ1) is 16.1. The molecule has 0 fully saturated rings. The minimum Gasteiger partial charge on any atom is -0.439 e. The van der Waals surface area contributed by atoms with Gasteiger partial charge in [0.15, 0.2) is 5.82 Å². The Labute approximate surface area is 187 Å². The van der Waals surface area contributed by atoms with Gasteiger partial charge in [0.25, 0.3) is 5.91 Å². The molecule has 0 aliphatic carbocycles. The molecule has 1 aliphatic rings. The molecule has 1 aliphatic heterocycles. The van der Waals surface area contributed by atoms with Crippen molar-refractivity contribution >= 4 is 5.91 Å². The number of nitrogens with zero attached hydrogens (tertiary/aromatic N) is 4. The number of nitrogens with one attached hydrogen (secondary N) is 1. The Morgan fingerprint density at radius 2 is 1.85 bits per heavy atom. The van der Waals surface area contributed by atoms with Gasteiger partial charge in [-0.25, -0.2) is 9.37 Å². The zero-order valence-electron chi connectivity index (χ0n) is 17.4. The normalized spacial score (nSPS) is 12.8. The fourth-order valence-electron chi connectivity index (χ4n) is 3.65. The second-order valence-electron chi connectivity index (χ2n) is 7.49. The van der Waals surface area contributed by atoms with Gasteiger partial charge in [0.2, 0.25) is 11.4 Å². The van der Waals surface area contributed by atoms with E-state index in [4.69, 9.17) is 9.72 Å². The van der Waals surface area contributed by atoms with E-state index >= 15 is 0 Å². The van der Waals surface area contributed by atoms with Gasteiger partial charge in [0.1, 0.15) is 11.6 Å². The summed E-state index contributed by atoms with van der Waals surface area (Å²) in [4.78, 5) is 42.1. The fourth-order valence-corrected chi connectivity index (χ4v) is 3.65. The number of ether oxygens (including phenoxy) is 1. The molecule has 8 nitrogen and oxygen atoms in total. The Balaban J connectivity index is 1.53. The van der Waals surface area contributed by atoms with Gasteiger partial charge in [0, 0.05) is 48.7 Å². The molecule has 5 rings (SSSR count). The molecule has 0 unspecified atom stereocenters. The summed E-state index contributed by atoms with van der Waals surface area (Å²) < 4.78 is 19.4. The van der Waals surface area contributed by atoms with Crippen molar-refractivity contribution in [2.75, 3.05) is 6.54 Å². The number of halogens is 1.